The summed E-state index contributed by atoms with van der Waals surface area (Å²) in [5.41, 5.74) is 5.79. The van der Waals surface area contributed by atoms with Gasteiger partial charge in [-0.15, -0.1) is 5.10 Å². The third-order valence-electron chi connectivity index (χ3n) is 1.45. The van der Waals surface area contributed by atoms with E-state index in [1.807, 2.05) is 6.92 Å². The SMILES string of the molecule is CCNc1cc(C)n(C(N)=O)n1. The number of nitrogens with two attached hydrogens (primary N) is 1. The molecule has 0 saturated heterocycles. The molecule has 0 aromatic carbocycles. The highest BCUT2D eigenvalue weighted by atomic mass is 16.2. The Bertz CT molecular complexity index is 292. The predicted octanol–water partition coefficient (Wildman–Crippen LogP) is 0.550. The first-order valence-electron chi connectivity index (χ1n) is 3.75. The average Bonchev–Trinajstić information content (AvgIpc) is 2.32. The lowest BCUT2D eigenvalue weighted by molar-refractivity contribution is 0.247. The zero-order valence-corrected chi connectivity index (χ0v) is 7.16. The molecule has 0 radical (unpaired) electrons. The molecule has 3 N–H and O–H groups in total. The molecule has 5 nitrogen and oxygen atoms in total. The fraction of sp³-hybridized carbons (Fsp3) is 0.429. The van der Waals surface area contributed by atoms with Crippen molar-refractivity contribution in [1.82, 2.24) is 9.78 Å². The standard InChI is InChI=1S/C7H12N4O/c1-3-9-6-4-5(2)11(10-6)7(8)12/h4H,3H2,1-2H3,(H2,8,12)(H,9,10). The first kappa shape index (κ1) is 8.58. The maximum absolute atomic E-state index is 10.7. The van der Waals surface area contributed by atoms with Crippen molar-refractivity contribution in [3.05, 3.63) is 11.8 Å². The number of nitrogens with one attached hydrogen (secondary N) is 1. The van der Waals surface area contributed by atoms with Gasteiger partial charge in [0.2, 0.25) is 0 Å². The molecule has 66 valence electrons. The molecular weight excluding hydrogens is 156 g/mol. The minimum atomic E-state index is -0.559. The Morgan fingerprint density at radius 3 is 2.92 bits per heavy atom. The van der Waals surface area contributed by atoms with E-state index in [2.05, 4.69) is 10.4 Å². The van der Waals surface area contributed by atoms with E-state index in [4.69, 9.17) is 5.73 Å². The van der Waals surface area contributed by atoms with Gasteiger partial charge in [-0.05, 0) is 13.8 Å². The van der Waals surface area contributed by atoms with Crippen molar-refractivity contribution < 1.29 is 4.79 Å². The van der Waals surface area contributed by atoms with Crippen molar-refractivity contribution in [2.45, 2.75) is 13.8 Å². The second-order valence-electron chi connectivity index (χ2n) is 2.45. The maximum atomic E-state index is 10.7. The number of nitrogens with zero attached hydrogens (tertiary/aromatic N) is 2. The molecule has 0 spiro atoms. The Labute approximate surface area is 70.5 Å². The van der Waals surface area contributed by atoms with Crippen LogP contribution in [0, 0.1) is 6.92 Å². The van der Waals surface area contributed by atoms with Gasteiger partial charge in [-0.1, -0.05) is 0 Å². The van der Waals surface area contributed by atoms with E-state index in [0.29, 0.717) is 5.82 Å². The molecule has 1 aromatic rings. The highest BCUT2D eigenvalue weighted by molar-refractivity contribution is 5.75. The molecule has 0 aliphatic carbocycles. The first-order chi connectivity index (χ1) is 5.65. The van der Waals surface area contributed by atoms with Gasteiger partial charge >= 0.3 is 6.03 Å². The molecule has 1 aromatic heterocycles. The Hall–Kier alpha value is -1.52. The summed E-state index contributed by atoms with van der Waals surface area (Å²) < 4.78 is 1.16. The monoisotopic (exact) mass is 168 g/mol. The normalized spacial score (nSPS) is 9.83. The number of carbonyl (C=O) groups excluding carboxylic acids is 1. The zero-order valence-electron chi connectivity index (χ0n) is 7.16. The average molecular weight is 168 g/mol. The Morgan fingerprint density at radius 2 is 2.50 bits per heavy atom. The van der Waals surface area contributed by atoms with Crippen molar-refractivity contribution in [2.24, 2.45) is 5.73 Å². The molecule has 12 heavy (non-hydrogen) atoms. The van der Waals surface area contributed by atoms with E-state index in [-0.39, 0.29) is 0 Å². The summed E-state index contributed by atoms with van der Waals surface area (Å²) in [6.07, 6.45) is 0. The van der Waals surface area contributed by atoms with Gasteiger partial charge in [0.1, 0.15) is 5.82 Å². The van der Waals surface area contributed by atoms with E-state index >= 15 is 0 Å². The van der Waals surface area contributed by atoms with Crippen molar-refractivity contribution >= 4 is 11.8 Å². The molecule has 1 heterocycles. The van der Waals surface area contributed by atoms with Crippen LogP contribution in [0.15, 0.2) is 6.07 Å². The van der Waals surface area contributed by atoms with Crippen LogP contribution in [-0.4, -0.2) is 22.4 Å². The Kier molecular flexibility index (Phi) is 2.32. The number of hydrogen-bond acceptors (Lipinski definition) is 3. The van der Waals surface area contributed by atoms with Gasteiger partial charge in [0.25, 0.3) is 0 Å². The predicted molar refractivity (Wildman–Crippen MR) is 46.1 cm³/mol. The van der Waals surface area contributed by atoms with Gasteiger partial charge in [-0.3, -0.25) is 0 Å². The van der Waals surface area contributed by atoms with E-state index in [1.54, 1.807) is 13.0 Å². The molecular formula is C7H12N4O. The fourth-order valence-corrected chi connectivity index (χ4v) is 0.965. The highest BCUT2D eigenvalue weighted by Crippen LogP contribution is 2.06. The molecule has 1 rings (SSSR count). The third kappa shape index (κ3) is 1.55. The quantitative estimate of drug-likeness (QED) is 0.677. The van der Waals surface area contributed by atoms with Crippen LogP contribution in [-0.2, 0) is 0 Å². The number of hydrogen-bond donors (Lipinski definition) is 2. The van der Waals surface area contributed by atoms with Crippen molar-refractivity contribution in [3.8, 4) is 0 Å². The van der Waals surface area contributed by atoms with Crippen LogP contribution >= 0.6 is 0 Å². The second-order valence-corrected chi connectivity index (χ2v) is 2.45. The second kappa shape index (κ2) is 3.25. The van der Waals surface area contributed by atoms with Gasteiger partial charge in [0.05, 0.1) is 0 Å². The number of aryl methyl sites for hydroxylation is 1. The smallest absolute Gasteiger partial charge is 0.339 e. The van der Waals surface area contributed by atoms with Crippen LogP contribution in [0.4, 0.5) is 10.6 Å². The summed E-state index contributed by atoms with van der Waals surface area (Å²) in [6.45, 7) is 4.51. The van der Waals surface area contributed by atoms with E-state index in [9.17, 15) is 4.79 Å². The number of primary amides is 1. The first-order valence-corrected chi connectivity index (χ1v) is 3.75. The molecule has 0 fully saturated rings. The molecule has 0 atom stereocenters. The van der Waals surface area contributed by atoms with Crippen LogP contribution < -0.4 is 11.1 Å². The number of amides is 1. The number of rotatable bonds is 2. The fourth-order valence-electron chi connectivity index (χ4n) is 0.965. The Morgan fingerprint density at radius 1 is 1.83 bits per heavy atom. The van der Waals surface area contributed by atoms with Crippen LogP contribution in [0.25, 0.3) is 0 Å². The van der Waals surface area contributed by atoms with Crippen LogP contribution in [0.2, 0.25) is 0 Å². The molecule has 5 heteroatoms. The molecule has 1 amide bonds. The summed E-state index contributed by atoms with van der Waals surface area (Å²) >= 11 is 0. The lowest BCUT2D eigenvalue weighted by Gasteiger charge is -1.95. The summed E-state index contributed by atoms with van der Waals surface area (Å²) in [7, 11) is 0. The van der Waals surface area contributed by atoms with Crippen molar-refractivity contribution in [1.29, 1.82) is 0 Å². The van der Waals surface area contributed by atoms with Crippen molar-refractivity contribution in [3.63, 3.8) is 0 Å². The summed E-state index contributed by atoms with van der Waals surface area (Å²) in [5.74, 6) is 0.675. The van der Waals surface area contributed by atoms with Crippen LogP contribution in [0.1, 0.15) is 12.6 Å². The lowest BCUT2D eigenvalue weighted by atomic mass is 10.4. The van der Waals surface area contributed by atoms with Gasteiger partial charge in [0, 0.05) is 18.3 Å². The van der Waals surface area contributed by atoms with Gasteiger partial charge in [-0.25, -0.2) is 4.79 Å². The van der Waals surface area contributed by atoms with Gasteiger partial charge < -0.3 is 11.1 Å². The molecule has 0 bridgehead atoms. The van der Waals surface area contributed by atoms with E-state index in [0.717, 1.165) is 16.9 Å². The minimum absolute atomic E-state index is 0.559. The maximum Gasteiger partial charge on any atom is 0.339 e. The summed E-state index contributed by atoms with van der Waals surface area (Å²) in [5, 5.41) is 6.91. The van der Waals surface area contributed by atoms with E-state index < -0.39 is 6.03 Å². The molecule has 0 aliphatic rings. The number of aromatic nitrogens is 2. The largest absolute Gasteiger partial charge is 0.369 e. The summed E-state index contributed by atoms with van der Waals surface area (Å²) in [6, 6.07) is 1.21. The van der Waals surface area contributed by atoms with Crippen LogP contribution in [0.5, 0.6) is 0 Å². The van der Waals surface area contributed by atoms with Gasteiger partial charge in [-0.2, -0.15) is 4.68 Å². The van der Waals surface area contributed by atoms with Gasteiger partial charge in [0.15, 0.2) is 0 Å². The number of anilines is 1. The van der Waals surface area contributed by atoms with E-state index in [1.165, 1.54) is 0 Å². The molecule has 0 aliphatic heterocycles. The number of carbonyl (C=O) groups is 1. The minimum Gasteiger partial charge on any atom is -0.369 e. The van der Waals surface area contributed by atoms with Crippen molar-refractivity contribution in [2.75, 3.05) is 11.9 Å². The van der Waals surface area contributed by atoms with Crippen LogP contribution in [0.3, 0.4) is 0 Å². The molecule has 0 saturated carbocycles. The zero-order chi connectivity index (χ0) is 9.14. The Balaban J connectivity index is 2.92. The third-order valence-corrected chi connectivity index (χ3v) is 1.45. The lowest BCUT2D eigenvalue weighted by Crippen LogP contribution is -2.22. The highest BCUT2D eigenvalue weighted by Gasteiger charge is 2.06. The summed E-state index contributed by atoms with van der Waals surface area (Å²) in [4.78, 5) is 10.7. The molecule has 0 unspecified atom stereocenters. The topological polar surface area (TPSA) is 72.9 Å².